The molecule has 1 fully saturated rings. The summed E-state index contributed by atoms with van der Waals surface area (Å²) in [5.74, 6) is 1.78. The molecular weight excluding hydrogens is 338 g/mol. The number of hydrogen-bond acceptors (Lipinski definition) is 4. The van der Waals surface area contributed by atoms with Gasteiger partial charge in [0.1, 0.15) is 12.4 Å². The molecule has 0 radical (unpaired) electrons. The maximum atomic E-state index is 5.71. The zero-order chi connectivity index (χ0) is 19.2. The lowest BCUT2D eigenvalue weighted by molar-refractivity contribution is 0.136. The molecule has 2 N–H and O–H groups in total. The van der Waals surface area contributed by atoms with Crippen molar-refractivity contribution in [2.45, 2.75) is 26.7 Å². The zero-order valence-corrected chi connectivity index (χ0v) is 17.1. The molecule has 0 unspecified atom stereocenters. The van der Waals surface area contributed by atoms with Gasteiger partial charge in [0.2, 0.25) is 0 Å². The van der Waals surface area contributed by atoms with Crippen LogP contribution in [0.15, 0.2) is 35.3 Å². The number of unbranched alkanes of at least 4 members (excludes halogenated alkanes) is 1. The molecule has 0 amide bonds. The standard InChI is InChI=1S/C21H37N5O/c1-3-22-21(24-13-19-27-20-10-6-5-7-11-20)23-12-8-9-14-26-17-15-25(4-2)16-18-26/h5-7,10-11H,3-4,8-9,12-19H2,1-2H3,(H2,22,23,24). The minimum atomic E-state index is 0.623. The van der Waals surface area contributed by atoms with E-state index in [0.717, 1.165) is 37.8 Å². The average molecular weight is 376 g/mol. The Labute approximate surface area is 165 Å². The normalized spacial score (nSPS) is 16.3. The van der Waals surface area contributed by atoms with E-state index in [2.05, 4.69) is 39.3 Å². The summed E-state index contributed by atoms with van der Waals surface area (Å²) in [4.78, 5) is 9.79. The smallest absolute Gasteiger partial charge is 0.191 e. The van der Waals surface area contributed by atoms with Gasteiger partial charge in [0.15, 0.2) is 5.96 Å². The number of nitrogens with zero attached hydrogens (tertiary/aromatic N) is 3. The summed E-state index contributed by atoms with van der Waals surface area (Å²) < 4.78 is 5.71. The number of nitrogens with one attached hydrogen (secondary N) is 2. The number of ether oxygens (including phenoxy) is 1. The highest BCUT2D eigenvalue weighted by molar-refractivity contribution is 5.79. The molecule has 1 aromatic rings. The van der Waals surface area contributed by atoms with Crippen LogP contribution in [0.1, 0.15) is 26.7 Å². The van der Waals surface area contributed by atoms with E-state index in [-0.39, 0.29) is 0 Å². The predicted octanol–water partition coefficient (Wildman–Crippen LogP) is 2.04. The van der Waals surface area contributed by atoms with E-state index in [0.29, 0.717) is 6.61 Å². The van der Waals surface area contributed by atoms with Crippen molar-refractivity contribution in [1.82, 2.24) is 20.4 Å². The SMILES string of the molecule is CCNC(=NCCCCN1CCN(CC)CC1)NCCOc1ccccc1. The maximum Gasteiger partial charge on any atom is 0.191 e. The topological polar surface area (TPSA) is 52.1 Å². The molecule has 27 heavy (non-hydrogen) atoms. The molecule has 152 valence electrons. The van der Waals surface area contributed by atoms with Crippen molar-refractivity contribution >= 4 is 5.96 Å². The quantitative estimate of drug-likeness (QED) is 0.352. The first kappa shape index (κ1) is 21.5. The average Bonchev–Trinajstić information content (AvgIpc) is 2.72. The van der Waals surface area contributed by atoms with Crippen molar-refractivity contribution in [2.24, 2.45) is 4.99 Å². The van der Waals surface area contributed by atoms with Gasteiger partial charge in [-0.05, 0) is 45.0 Å². The first-order valence-corrected chi connectivity index (χ1v) is 10.5. The molecule has 1 saturated heterocycles. The highest BCUT2D eigenvalue weighted by Gasteiger charge is 2.14. The molecule has 0 atom stereocenters. The number of guanidine groups is 1. The Balaban J connectivity index is 1.56. The summed E-state index contributed by atoms with van der Waals surface area (Å²) >= 11 is 0. The monoisotopic (exact) mass is 375 g/mol. The van der Waals surface area contributed by atoms with E-state index in [4.69, 9.17) is 4.74 Å². The van der Waals surface area contributed by atoms with Crippen LogP contribution < -0.4 is 15.4 Å². The second kappa shape index (κ2) is 13.4. The molecule has 2 rings (SSSR count). The molecule has 1 aliphatic heterocycles. The number of aliphatic imine (C=N–C) groups is 1. The van der Waals surface area contributed by atoms with E-state index in [1.807, 2.05) is 30.3 Å². The summed E-state index contributed by atoms with van der Waals surface area (Å²) in [7, 11) is 0. The Morgan fingerprint density at radius 1 is 1.00 bits per heavy atom. The molecule has 0 bridgehead atoms. The van der Waals surface area contributed by atoms with Crippen LogP contribution >= 0.6 is 0 Å². The molecule has 0 saturated carbocycles. The number of benzene rings is 1. The predicted molar refractivity (Wildman–Crippen MR) is 114 cm³/mol. The minimum Gasteiger partial charge on any atom is -0.492 e. The van der Waals surface area contributed by atoms with Crippen LogP contribution in [0.25, 0.3) is 0 Å². The van der Waals surface area contributed by atoms with E-state index >= 15 is 0 Å². The summed E-state index contributed by atoms with van der Waals surface area (Å²) in [5, 5.41) is 6.64. The molecule has 1 aliphatic rings. The Kier molecular flexibility index (Phi) is 10.7. The van der Waals surface area contributed by atoms with Crippen LogP contribution in [0.3, 0.4) is 0 Å². The van der Waals surface area contributed by atoms with Crippen LogP contribution in [0.4, 0.5) is 0 Å². The first-order valence-electron chi connectivity index (χ1n) is 10.5. The number of hydrogen-bond donors (Lipinski definition) is 2. The van der Waals surface area contributed by atoms with Crippen LogP contribution in [0.5, 0.6) is 5.75 Å². The summed E-state index contributed by atoms with van der Waals surface area (Å²) in [6, 6.07) is 9.91. The second-order valence-electron chi connectivity index (χ2n) is 6.83. The largest absolute Gasteiger partial charge is 0.492 e. The van der Waals surface area contributed by atoms with Gasteiger partial charge in [0.05, 0.1) is 6.54 Å². The molecule has 6 heteroatoms. The molecule has 6 nitrogen and oxygen atoms in total. The fourth-order valence-corrected chi connectivity index (χ4v) is 3.16. The third kappa shape index (κ3) is 9.11. The van der Waals surface area contributed by atoms with Gasteiger partial charge in [-0.2, -0.15) is 0 Å². The molecule has 1 aromatic carbocycles. The molecular formula is C21H37N5O. The van der Waals surface area contributed by atoms with E-state index in [9.17, 15) is 0 Å². The second-order valence-corrected chi connectivity index (χ2v) is 6.83. The van der Waals surface area contributed by atoms with Gasteiger partial charge in [-0.1, -0.05) is 25.1 Å². The summed E-state index contributed by atoms with van der Waals surface area (Å²) in [6.45, 7) is 14.7. The molecule has 0 aliphatic carbocycles. The van der Waals surface area contributed by atoms with Gasteiger partial charge in [-0.15, -0.1) is 0 Å². The Bertz CT molecular complexity index is 515. The zero-order valence-electron chi connectivity index (χ0n) is 17.1. The van der Waals surface area contributed by atoms with Crippen LogP contribution in [0.2, 0.25) is 0 Å². The molecule has 0 spiro atoms. The Morgan fingerprint density at radius 2 is 1.74 bits per heavy atom. The van der Waals surface area contributed by atoms with Crippen molar-refractivity contribution in [2.75, 3.05) is 65.5 Å². The van der Waals surface area contributed by atoms with Gasteiger partial charge >= 0.3 is 0 Å². The van der Waals surface area contributed by atoms with Crippen LogP contribution in [-0.4, -0.2) is 81.3 Å². The Morgan fingerprint density at radius 3 is 2.44 bits per heavy atom. The lowest BCUT2D eigenvalue weighted by atomic mass is 10.2. The number of rotatable bonds is 11. The van der Waals surface area contributed by atoms with E-state index in [1.165, 1.54) is 45.7 Å². The number of para-hydroxylation sites is 1. The van der Waals surface area contributed by atoms with Crippen LogP contribution in [0, 0.1) is 0 Å². The van der Waals surface area contributed by atoms with Gasteiger partial charge in [0, 0.05) is 39.3 Å². The summed E-state index contributed by atoms with van der Waals surface area (Å²) in [5.41, 5.74) is 0. The van der Waals surface area contributed by atoms with E-state index < -0.39 is 0 Å². The van der Waals surface area contributed by atoms with Crippen molar-refractivity contribution in [3.8, 4) is 5.75 Å². The van der Waals surface area contributed by atoms with E-state index in [1.54, 1.807) is 0 Å². The third-order valence-electron chi connectivity index (χ3n) is 4.82. The highest BCUT2D eigenvalue weighted by Crippen LogP contribution is 2.07. The van der Waals surface area contributed by atoms with Crippen molar-refractivity contribution in [3.05, 3.63) is 30.3 Å². The number of piperazine rings is 1. The summed E-state index contributed by atoms with van der Waals surface area (Å²) in [6.07, 6.45) is 2.34. The maximum absolute atomic E-state index is 5.71. The fraction of sp³-hybridized carbons (Fsp3) is 0.667. The third-order valence-corrected chi connectivity index (χ3v) is 4.82. The van der Waals surface area contributed by atoms with Gasteiger partial charge in [0.25, 0.3) is 0 Å². The Hall–Kier alpha value is -1.79. The highest BCUT2D eigenvalue weighted by atomic mass is 16.5. The van der Waals surface area contributed by atoms with Crippen molar-refractivity contribution in [3.63, 3.8) is 0 Å². The number of likely N-dealkylation sites (N-methyl/N-ethyl adjacent to an activating group) is 1. The first-order chi connectivity index (χ1) is 13.3. The van der Waals surface area contributed by atoms with Gasteiger partial charge in [-0.3, -0.25) is 4.99 Å². The lowest BCUT2D eigenvalue weighted by Gasteiger charge is -2.33. The van der Waals surface area contributed by atoms with Gasteiger partial charge in [-0.25, -0.2) is 0 Å². The van der Waals surface area contributed by atoms with Gasteiger partial charge < -0.3 is 25.2 Å². The van der Waals surface area contributed by atoms with Crippen molar-refractivity contribution < 1.29 is 4.74 Å². The molecule has 1 heterocycles. The molecule has 0 aromatic heterocycles. The minimum absolute atomic E-state index is 0.623. The van der Waals surface area contributed by atoms with Crippen LogP contribution in [-0.2, 0) is 0 Å². The lowest BCUT2D eigenvalue weighted by Crippen LogP contribution is -2.46. The van der Waals surface area contributed by atoms with Crippen molar-refractivity contribution in [1.29, 1.82) is 0 Å². The fourth-order valence-electron chi connectivity index (χ4n) is 3.16.